The van der Waals surface area contributed by atoms with E-state index in [0.717, 1.165) is 24.1 Å². The van der Waals surface area contributed by atoms with Gasteiger partial charge < -0.3 is 10.4 Å². The summed E-state index contributed by atoms with van der Waals surface area (Å²) >= 11 is 1.60. The number of aliphatic hydroxyl groups excluding tert-OH is 1. The SMILES string of the molecule is CCCc1sc(C(=O)NCCC(C)O)cc1CC. The van der Waals surface area contributed by atoms with Gasteiger partial charge >= 0.3 is 0 Å². The van der Waals surface area contributed by atoms with Crippen LogP contribution in [-0.2, 0) is 12.8 Å². The predicted molar refractivity (Wildman–Crippen MR) is 76.3 cm³/mol. The van der Waals surface area contributed by atoms with E-state index in [4.69, 9.17) is 5.11 Å². The molecule has 1 unspecified atom stereocenters. The highest BCUT2D eigenvalue weighted by Crippen LogP contribution is 2.24. The lowest BCUT2D eigenvalue weighted by atomic mass is 10.1. The number of amides is 1. The summed E-state index contributed by atoms with van der Waals surface area (Å²) in [4.78, 5) is 14.1. The van der Waals surface area contributed by atoms with Gasteiger partial charge in [-0.05, 0) is 37.8 Å². The minimum Gasteiger partial charge on any atom is -0.393 e. The Kier molecular flexibility index (Phi) is 6.36. The largest absolute Gasteiger partial charge is 0.393 e. The van der Waals surface area contributed by atoms with E-state index < -0.39 is 0 Å². The van der Waals surface area contributed by atoms with Crippen molar-refractivity contribution >= 4 is 17.2 Å². The molecule has 0 bridgehead atoms. The molecule has 1 amide bonds. The van der Waals surface area contributed by atoms with Gasteiger partial charge in [-0.1, -0.05) is 20.3 Å². The molecule has 0 aromatic carbocycles. The molecule has 3 nitrogen and oxygen atoms in total. The minimum atomic E-state index is -0.365. The van der Waals surface area contributed by atoms with Crippen molar-refractivity contribution in [3.63, 3.8) is 0 Å². The molecule has 0 saturated heterocycles. The Morgan fingerprint density at radius 2 is 2.22 bits per heavy atom. The van der Waals surface area contributed by atoms with Crippen LogP contribution in [0.4, 0.5) is 0 Å². The Morgan fingerprint density at radius 1 is 1.50 bits per heavy atom. The molecule has 102 valence electrons. The number of nitrogens with one attached hydrogen (secondary N) is 1. The second-order valence-corrected chi connectivity index (χ2v) is 5.69. The summed E-state index contributed by atoms with van der Waals surface area (Å²) in [6.07, 6.45) is 3.37. The van der Waals surface area contributed by atoms with E-state index in [1.54, 1.807) is 18.3 Å². The summed E-state index contributed by atoms with van der Waals surface area (Å²) in [7, 11) is 0. The van der Waals surface area contributed by atoms with E-state index in [0.29, 0.717) is 13.0 Å². The molecule has 0 saturated carbocycles. The summed E-state index contributed by atoms with van der Waals surface area (Å²) in [5, 5.41) is 12.0. The third kappa shape index (κ3) is 4.42. The van der Waals surface area contributed by atoms with Crippen molar-refractivity contribution in [1.29, 1.82) is 0 Å². The van der Waals surface area contributed by atoms with Crippen LogP contribution in [-0.4, -0.2) is 23.7 Å². The van der Waals surface area contributed by atoms with Gasteiger partial charge in [0, 0.05) is 11.4 Å². The molecular formula is C14H23NO2S. The number of carbonyl (C=O) groups is 1. The molecule has 0 fully saturated rings. The third-order valence-corrected chi connectivity index (χ3v) is 4.06. The topological polar surface area (TPSA) is 49.3 Å². The van der Waals surface area contributed by atoms with E-state index in [1.165, 1.54) is 10.4 Å². The van der Waals surface area contributed by atoms with E-state index in [-0.39, 0.29) is 12.0 Å². The molecule has 1 rings (SSSR count). The van der Waals surface area contributed by atoms with Crippen molar-refractivity contribution in [3.05, 3.63) is 21.4 Å². The van der Waals surface area contributed by atoms with E-state index in [2.05, 4.69) is 19.2 Å². The summed E-state index contributed by atoms with van der Waals surface area (Å²) in [6.45, 7) is 6.53. The number of thiophene rings is 1. The molecule has 2 N–H and O–H groups in total. The smallest absolute Gasteiger partial charge is 0.261 e. The molecule has 1 atom stereocenters. The van der Waals surface area contributed by atoms with Crippen LogP contribution < -0.4 is 5.32 Å². The first-order chi connectivity index (χ1) is 8.58. The molecule has 0 aliphatic rings. The summed E-state index contributed by atoms with van der Waals surface area (Å²) < 4.78 is 0. The Balaban J connectivity index is 2.62. The van der Waals surface area contributed by atoms with Gasteiger partial charge in [-0.2, -0.15) is 0 Å². The van der Waals surface area contributed by atoms with Crippen molar-refractivity contribution in [1.82, 2.24) is 5.32 Å². The van der Waals surface area contributed by atoms with Crippen LogP contribution in [0.2, 0.25) is 0 Å². The van der Waals surface area contributed by atoms with E-state index in [1.807, 2.05) is 6.07 Å². The van der Waals surface area contributed by atoms with Crippen LogP contribution in [0.5, 0.6) is 0 Å². The predicted octanol–water partition coefficient (Wildman–Crippen LogP) is 2.76. The van der Waals surface area contributed by atoms with Crippen molar-refractivity contribution in [2.24, 2.45) is 0 Å². The second-order valence-electron chi connectivity index (χ2n) is 4.56. The minimum absolute atomic E-state index is 0.0160. The Morgan fingerprint density at radius 3 is 2.78 bits per heavy atom. The first kappa shape index (κ1) is 15.2. The highest BCUT2D eigenvalue weighted by Gasteiger charge is 2.13. The summed E-state index contributed by atoms with van der Waals surface area (Å²) in [6, 6.07) is 2.01. The molecule has 0 aliphatic carbocycles. The number of hydrogen-bond acceptors (Lipinski definition) is 3. The van der Waals surface area contributed by atoms with Gasteiger partial charge in [-0.15, -0.1) is 11.3 Å². The maximum atomic E-state index is 11.9. The van der Waals surface area contributed by atoms with Crippen LogP contribution in [0.25, 0.3) is 0 Å². The number of aliphatic hydroxyl groups is 1. The average Bonchev–Trinajstić information content (AvgIpc) is 2.72. The van der Waals surface area contributed by atoms with Gasteiger partial charge in [0.2, 0.25) is 0 Å². The fourth-order valence-electron chi connectivity index (χ4n) is 1.80. The van der Waals surface area contributed by atoms with Crippen LogP contribution in [0, 0.1) is 0 Å². The lowest BCUT2D eigenvalue weighted by molar-refractivity contribution is 0.0949. The molecule has 0 spiro atoms. The third-order valence-electron chi connectivity index (χ3n) is 2.83. The highest BCUT2D eigenvalue weighted by molar-refractivity contribution is 7.14. The van der Waals surface area contributed by atoms with Gasteiger partial charge in [-0.25, -0.2) is 0 Å². The molecular weight excluding hydrogens is 246 g/mol. The Hall–Kier alpha value is -0.870. The van der Waals surface area contributed by atoms with Crippen LogP contribution in [0.15, 0.2) is 6.07 Å². The zero-order valence-electron chi connectivity index (χ0n) is 11.5. The molecule has 4 heteroatoms. The Bertz CT molecular complexity index is 385. The fourth-order valence-corrected chi connectivity index (χ4v) is 3.07. The van der Waals surface area contributed by atoms with Crippen molar-refractivity contribution in [3.8, 4) is 0 Å². The maximum Gasteiger partial charge on any atom is 0.261 e. The van der Waals surface area contributed by atoms with Crippen LogP contribution in [0.3, 0.4) is 0 Å². The van der Waals surface area contributed by atoms with Gasteiger partial charge in [0.1, 0.15) is 0 Å². The monoisotopic (exact) mass is 269 g/mol. The molecule has 1 heterocycles. The standard InChI is InChI=1S/C14H23NO2S/c1-4-6-12-11(5-2)9-13(18-12)14(17)15-8-7-10(3)16/h9-10,16H,4-8H2,1-3H3,(H,15,17). The van der Waals surface area contributed by atoms with Crippen molar-refractivity contribution < 1.29 is 9.90 Å². The summed E-state index contributed by atoms with van der Waals surface area (Å²) in [5.41, 5.74) is 1.29. The van der Waals surface area contributed by atoms with Gasteiger partial charge in [0.25, 0.3) is 5.91 Å². The fraction of sp³-hybridized carbons (Fsp3) is 0.643. The number of aryl methyl sites for hydroxylation is 2. The van der Waals surface area contributed by atoms with E-state index in [9.17, 15) is 4.79 Å². The number of carbonyl (C=O) groups excluding carboxylic acids is 1. The molecule has 1 aromatic rings. The highest BCUT2D eigenvalue weighted by atomic mass is 32.1. The average molecular weight is 269 g/mol. The number of rotatable bonds is 7. The van der Waals surface area contributed by atoms with Gasteiger partial charge in [0.15, 0.2) is 0 Å². The van der Waals surface area contributed by atoms with Crippen molar-refractivity contribution in [2.75, 3.05) is 6.54 Å². The summed E-state index contributed by atoms with van der Waals surface area (Å²) in [5.74, 6) is -0.0160. The number of hydrogen-bond donors (Lipinski definition) is 2. The molecule has 0 radical (unpaired) electrons. The lowest BCUT2D eigenvalue weighted by Crippen LogP contribution is -2.25. The first-order valence-corrected chi connectivity index (χ1v) is 7.47. The van der Waals surface area contributed by atoms with Gasteiger partial charge in [-0.3, -0.25) is 4.79 Å². The second kappa shape index (κ2) is 7.54. The quantitative estimate of drug-likeness (QED) is 0.799. The first-order valence-electron chi connectivity index (χ1n) is 6.66. The van der Waals surface area contributed by atoms with Gasteiger partial charge in [0.05, 0.1) is 11.0 Å². The van der Waals surface area contributed by atoms with Crippen LogP contribution >= 0.6 is 11.3 Å². The van der Waals surface area contributed by atoms with E-state index >= 15 is 0 Å². The Labute approximate surface area is 113 Å². The maximum absolute atomic E-state index is 11.9. The molecule has 0 aliphatic heterocycles. The zero-order chi connectivity index (χ0) is 13.5. The molecule has 18 heavy (non-hydrogen) atoms. The molecule has 1 aromatic heterocycles. The normalized spacial score (nSPS) is 12.4. The zero-order valence-corrected chi connectivity index (χ0v) is 12.3. The van der Waals surface area contributed by atoms with Crippen LogP contribution in [0.1, 0.15) is 53.7 Å². The van der Waals surface area contributed by atoms with Crippen molar-refractivity contribution in [2.45, 2.75) is 52.6 Å². The lowest BCUT2D eigenvalue weighted by Gasteiger charge is -2.05.